The van der Waals surface area contributed by atoms with Crippen LogP contribution >= 0.6 is 0 Å². The summed E-state index contributed by atoms with van der Waals surface area (Å²) in [5.74, 6) is 1.47. The molecule has 0 radical (unpaired) electrons. The first-order valence-electron chi connectivity index (χ1n) is 5.55. The first-order chi connectivity index (χ1) is 6.79. The molecule has 3 aliphatic carbocycles. The van der Waals surface area contributed by atoms with Gasteiger partial charge < -0.3 is 0 Å². The van der Waals surface area contributed by atoms with Gasteiger partial charge in [-0.3, -0.25) is 0 Å². The van der Waals surface area contributed by atoms with Crippen LogP contribution in [0.2, 0.25) is 0 Å². The molecule has 14 heavy (non-hydrogen) atoms. The van der Waals surface area contributed by atoms with Crippen molar-refractivity contribution in [1.82, 2.24) is 0 Å². The van der Waals surface area contributed by atoms with E-state index < -0.39 is 0 Å². The molecule has 0 aliphatic heterocycles. The van der Waals surface area contributed by atoms with Crippen LogP contribution in [0.1, 0.15) is 49.7 Å². The van der Waals surface area contributed by atoms with Gasteiger partial charge in [0.2, 0.25) is 0 Å². The Bertz CT molecular complexity index is 373. The third-order valence-corrected chi connectivity index (χ3v) is 4.16. The zero-order chi connectivity index (χ0) is 9.71. The molecule has 72 valence electrons. The Balaban J connectivity index is 2.25. The number of fused-ring (bicyclic) bond motifs is 1. The summed E-state index contributed by atoms with van der Waals surface area (Å²) in [7, 11) is 0. The molecule has 1 aromatic rings. The van der Waals surface area contributed by atoms with Crippen LogP contribution in [0, 0.1) is 0 Å². The van der Waals surface area contributed by atoms with Gasteiger partial charge in [-0.1, -0.05) is 35.4 Å². The second-order valence-corrected chi connectivity index (χ2v) is 4.68. The smallest absolute Gasteiger partial charge is 0.00514 e. The fraction of sp³-hybridized carbons (Fsp3) is 0.429. The average Bonchev–Trinajstić information content (AvgIpc) is 2.24. The van der Waals surface area contributed by atoms with Crippen LogP contribution in [-0.2, 0) is 0 Å². The van der Waals surface area contributed by atoms with Crippen LogP contribution in [0.25, 0.3) is 0 Å². The summed E-state index contributed by atoms with van der Waals surface area (Å²) in [6.07, 6.45) is 2.73. The number of rotatable bonds is 0. The van der Waals surface area contributed by atoms with Crippen molar-refractivity contribution in [2.24, 2.45) is 0 Å². The van der Waals surface area contributed by atoms with E-state index in [-0.39, 0.29) is 0 Å². The van der Waals surface area contributed by atoms with Crippen LogP contribution in [0.3, 0.4) is 0 Å². The minimum Gasteiger partial charge on any atom is -0.0663 e. The van der Waals surface area contributed by atoms with E-state index >= 15 is 0 Å². The Morgan fingerprint density at radius 3 is 1.71 bits per heavy atom. The van der Waals surface area contributed by atoms with Gasteiger partial charge in [0.05, 0.1) is 0 Å². The van der Waals surface area contributed by atoms with Gasteiger partial charge >= 0.3 is 0 Å². The lowest BCUT2D eigenvalue weighted by Gasteiger charge is -2.40. The summed E-state index contributed by atoms with van der Waals surface area (Å²) in [6, 6.07) is 9.01. The van der Waals surface area contributed by atoms with Crippen molar-refractivity contribution in [2.45, 2.75) is 38.5 Å². The van der Waals surface area contributed by atoms with E-state index in [1.807, 2.05) is 0 Å². The molecule has 0 saturated carbocycles. The molecule has 2 atom stereocenters. The molecule has 0 aromatic heterocycles. The van der Waals surface area contributed by atoms with E-state index in [0.717, 1.165) is 11.8 Å². The minimum absolute atomic E-state index is 0.733. The highest BCUT2D eigenvalue weighted by molar-refractivity contribution is 5.50. The van der Waals surface area contributed by atoms with Crippen molar-refractivity contribution in [3.05, 3.63) is 46.5 Å². The highest BCUT2D eigenvalue weighted by atomic mass is 14.4. The molecular formula is C14H16. The van der Waals surface area contributed by atoms with Gasteiger partial charge in [-0.05, 0) is 37.8 Å². The number of benzene rings is 1. The Labute approximate surface area is 85.6 Å². The fourth-order valence-corrected chi connectivity index (χ4v) is 3.24. The summed E-state index contributed by atoms with van der Waals surface area (Å²) in [5, 5.41) is 0. The van der Waals surface area contributed by atoms with Crippen molar-refractivity contribution in [2.75, 3.05) is 0 Å². The molecule has 0 N–H and O–H groups in total. The van der Waals surface area contributed by atoms with Crippen molar-refractivity contribution in [3.63, 3.8) is 0 Å². The zero-order valence-corrected chi connectivity index (χ0v) is 8.88. The second-order valence-electron chi connectivity index (χ2n) is 4.68. The van der Waals surface area contributed by atoms with Gasteiger partial charge in [-0.2, -0.15) is 0 Å². The molecule has 0 heteroatoms. The summed E-state index contributed by atoms with van der Waals surface area (Å²) >= 11 is 0. The van der Waals surface area contributed by atoms with Crippen LogP contribution in [-0.4, -0.2) is 0 Å². The maximum Gasteiger partial charge on any atom is 0.00514 e. The van der Waals surface area contributed by atoms with E-state index in [1.165, 1.54) is 12.8 Å². The van der Waals surface area contributed by atoms with Crippen molar-refractivity contribution >= 4 is 0 Å². The van der Waals surface area contributed by atoms with E-state index in [1.54, 1.807) is 22.3 Å². The third kappa shape index (κ3) is 0.890. The van der Waals surface area contributed by atoms with Gasteiger partial charge in [0.1, 0.15) is 0 Å². The first-order valence-corrected chi connectivity index (χ1v) is 5.55. The fourth-order valence-electron chi connectivity index (χ4n) is 3.24. The van der Waals surface area contributed by atoms with Crippen LogP contribution < -0.4 is 0 Å². The molecule has 0 spiro atoms. The Morgan fingerprint density at radius 1 is 0.857 bits per heavy atom. The normalized spacial score (nSPS) is 29.3. The van der Waals surface area contributed by atoms with Crippen molar-refractivity contribution in [3.8, 4) is 0 Å². The largest absolute Gasteiger partial charge is 0.0663 e. The van der Waals surface area contributed by atoms with E-state index in [0.29, 0.717) is 0 Å². The van der Waals surface area contributed by atoms with E-state index in [4.69, 9.17) is 0 Å². The quantitative estimate of drug-likeness (QED) is 0.535. The van der Waals surface area contributed by atoms with Gasteiger partial charge in [0, 0.05) is 11.8 Å². The lowest BCUT2D eigenvalue weighted by Crippen LogP contribution is -2.23. The lowest BCUT2D eigenvalue weighted by molar-refractivity contribution is 0.506. The predicted octanol–water partition coefficient (Wildman–Crippen LogP) is 4.00. The standard InChI is InChI=1S/C14H16/c1-9-10(2)12-8-7-11(9)13-5-3-4-6-14(12)13/h3-6,11-12H,7-8H2,1-2H3. The monoisotopic (exact) mass is 184 g/mol. The molecule has 0 nitrogen and oxygen atoms in total. The third-order valence-electron chi connectivity index (χ3n) is 4.16. The Morgan fingerprint density at radius 2 is 1.29 bits per heavy atom. The van der Waals surface area contributed by atoms with Gasteiger partial charge in [0.25, 0.3) is 0 Å². The Hall–Kier alpha value is -1.04. The molecule has 0 heterocycles. The maximum absolute atomic E-state index is 2.32. The SMILES string of the molecule is CC1=C(C)C2CCC1c1ccccc12. The maximum atomic E-state index is 2.32. The molecule has 3 aliphatic rings. The molecule has 2 bridgehead atoms. The lowest BCUT2D eigenvalue weighted by atomic mass is 9.64. The summed E-state index contributed by atoms with van der Waals surface area (Å²) in [4.78, 5) is 0. The predicted molar refractivity (Wildman–Crippen MR) is 59.5 cm³/mol. The minimum atomic E-state index is 0.733. The molecule has 2 unspecified atom stereocenters. The topological polar surface area (TPSA) is 0 Å². The highest BCUT2D eigenvalue weighted by Gasteiger charge is 2.34. The van der Waals surface area contributed by atoms with Crippen molar-refractivity contribution in [1.29, 1.82) is 0 Å². The highest BCUT2D eigenvalue weighted by Crippen LogP contribution is 2.51. The van der Waals surface area contributed by atoms with Crippen molar-refractivity contribution < 1.29 is 0 Å². The average molecular weight is 184 g/mol. The molecule has 1 aromatic carbocycles. The number of hydrogen-bond donors (Lipinski definition) is 0. The first kappa shape index (κ1) is 8.28. The molecular weight excluding hydrogens is 168 g/mol. The van der Waals surface area contributed by atoms with Crippen LogP contribution in [0.4, 0.5) is 0 Å². The number of allylic oxidation sites excluding steroid dienone is 2. The number of hydrogen-bond acceptors (Lipinski definition) is 0. The van der Waals surface area contributed by atoms with Crippen LogP contribution in [0.15, 0.2) is 35.4 Å². The van der Waals surface area contributed by atoms with Gasteiger partial charge in [-0.15, -0.1) is 0 Å². The summed E-state index contributed by atoms with van der Waals surface area (Å²) in [5.41, 5.74) is 6.48. The molecule has 0 amide bonds. The Kier molecular flexibility index (Phi) is 1.61. The van der Waals surface area contributed by atoms with Crippen LogP contribution in [0.5, 0.6) is 0 Å². The zero-order valence-electron chi connectivity index (χ0n) is 8.88. The summed E-state index contributed by atoms with van der Waals surface area (Å²) < 4.78 is 0. The van der Waals surface area contributed by atoms with E-state index in [9.17, 15) is 0 Å². The van der Waals surface area contributed by atoms with Gasteiger partial charge in [-0.25, -0.2) is 0 Å². The second kappa shape index (κ2) is 2.73. The summed E-state index contributed by atoms with van der Waals surface area (Å²) in [6.45, 7) is 4.64. The molecule has 0 saturated heterocycles. The van der Waals surface area contributed by atoms with Gasteiger partial charge in [0.15, 0.2) is 0 Å². The molecule has 4 rings (SSSR count). The molecule has 0 fully saturated rings. The van der Waals surface area contributed by atoms with E-state index in [2.05, 4.69) is 38.1 Å².